The lowest BCUT2D eigenvalue weighted by Crippen LogP contribution is -2.21. The molecule has 0 spiro atoms. The second-order valence-electron chi connectivity index (χ2n) is 7.61. The quantitative estimate of drug-likeness (QED) is 0.697. The zero-order valence-electron chi connectivity index (χ0n) is 15.8. The predicted octanol–water partition coefficient (Wildman–Crippen LogP) is 4.65. The van der Waals surface area contributed by atoms with Gasteiger partial charge < -0.3 is 10.5 Å². The highest BCUT2D eigenvalue weighted by molar-refractivity contribution is 5.67. The Labute approximate surface area is 164 Å². The second-order valence-corrected chi connectivity index (χ2v) is 7.61. The third kappa shape index (κ3) is 3.17. The summed E-state index contributed by atoms with van der Waals surface area (Å²) in [6, 6.07) is 17.8. The van der Waals surface area contributed by atoms with E-state index in [1.165, 1.54) is 31.2 Å². The maximum Gasteiger partial charge on any atom is 0.127 e. The van der Waals surface area contributed by atoms with Gasteiger partial charge in [-0.15, -0.1) is 5.10 Å². The molecule has 1 aromatic heterocycles. The monoisotopic (exact) mass is 372 g/mol. The van der Waals surface area contributed by atoms with Gasteiger partial charge in [-0.1, -0.05) is 31.0 Å². The third-order valence-corrected chi connectivity index (χ3v) is 5.81. The van der Waals surface area contributed by atoms with Crippen LogP contribution in [0.3, 0.4) is 0 Å². The number of para-hydroxylation sites is 1. The molecule has 0 amide bonds. The molecule has 3 aromatic rings. The number of aromatic nitrogens is 2. The van der Waals surface area contributed by atoms with E-state index in [1.54, 1.807) is 0 Å². The number of nitrogens with zero attached hydrogens (tertiary/aromatic N) is 2. The van der Waals surface area contributed by atoms with Crippen molar-refractivity contribution in [3.05, 3.63) is 71.4 Å². The summed E-state index contributed by atoms with van der Waals surface area (Å²) >= 11 is 0. The van der Waals surface area contributed by atoms with Gasteiger partial charge >= 0.3 is 0 Å². The second kappa shape index (κ2) is 7.34. The van der Waals surface area contributed by atoms with Crippen LogP contribution in [-0.2, 0) is 6.54 Å². The standard InChI is InChI=1S/C23H24N4O/c24-23-20-19(14-25-23)21(15-6-4-5-7-15)26-27-22(20)16-10-12-18(13-11-16)28-17-8-2-1-3-9-17/h1-3,8-13,15,23,25H,4-7,14,24H2. The normalized spacial score (nSPS) is 19.0. The van der Waals surface area contributed by atoms with Crippen molar-refractivity contribution in [1.29, 1.82) is 0 Å². The van der Waals surface area contributed by atoms with Crippen LogP contribution in [0.25, 0.3) is 11.3 Å². The molecule has 0 saturated heterocycles. The van der Waals surface area contributed by atoms with E-state index in [2.05, 4.69) is 15.5 Å². The van der Waals surface area contributed by atoms with Crippen LogP contribution in [-0.4, -0.2) is 10.2 Å². The first kappa shape index (κ1) is 17.3. The molecule has 1 aliphatic heterocycles. The zero-order chi connectivity index (χ0) is 18.9. The first-order valence-electron chi connectivity index (χ1n) is 10.0. The summed E-state index contributed by atoms with van der Waals surface area (Å²) in [5.74, 6) is 2.15. The van der Waals surface area contributed by atoms with Crippen molar-refractivity contribution in [3.8, 4) is 22.8 Å². The summed E-state index contributed by atoms with van der Waals surface area (Å²) < 4.78 is 5.90. The molecule has 2 aromatic carbocycles. The van der Waals surface area contributed by atoms with E-state index >= 15 is 0 Å². The number of benzene rings is 2. The Hall–Kier alpha value is -2.76. The summed E-state index contributed by atoms with van der Waals surface area (Å²) in [6.07, 6.45) is 4.79. The Morgan fingerprint density at radius 3 is 2.36 bits per heavy atom. The molecule has 1 saturated carbocycles. The molecule has 142 valence electrons. The van der Waals surface area contributed by atoms with Crippen LogP contribution in [0.15, 0.2) is 54.6 Å². The SMILES string of the molecule is NC1NCc2c(C3CCCC3)nnc(-c3ccc(Oc4ccccc4)cc3)c21. The van der Waals surface area contributed by atoms with E-state index < -0.39 is 0 Å². The van der Waals surface area contributed by atoms with Gasteiger partial charge in [0.1, 0.15) is 11.5 Å². The summed E-state index contributed by atoms with van der Waals surface area (Å²) in [7, 11) is 0. The molecule has 0 bridgehead atoms. The van der Waals surface area contributed by atoms with Crippen molar-refractivity contribution in [2.45, 2.75) is 44.3 Å². The minimum Gasteiger partial charge on any atom is -0.457 e. The summed E-state index contributed by atoms with van der Waals surface area (Å²) in [6.45, 7) is 0.778. The van der Waals surface area contributed by atoms with Gasteiger partial charge in [0, 0.05) is 23.6 Å². The van der Waals surface area contributed by atoms with Crippen LogP contribution < -0.4 is 15.8 Å². The smallest absolute Gasteiger partial charge is 0.127 e. The summed E-state index contributed by atoms with van der Waals surface area (Å²) in [5.41, 5.74) is 11.8. The molecule has 5 heteroatoms. The fourth-order valence-electron chi connectivity index (χ4n) is 4.38. The summed E-state index contributed by atoms with van der Waals surface area (Å²) in [5, 5.41) is 12.7. The maximum absolute atomic E-state index is 6.38. The molecule has 1 fully saturated rings. The number of hydrogen-bond acceptors (Lipinski definition) is 5. The summed E-state index contributed by atoms with van der Waals surface area (Å²) in [4.78, 5) is 0. The van der Waals surface area contributed by atoms with Crippen molar-refractivity contribution in [2.24, 2.45) is 5.73 Å². The predicted molar refractivity (Wildman–Crippen MR) is 109 cm³/mol. The number of hydrogen-bond donors (Lipinski definition) is 2. The highest BCUT2D eigenvalue weighted by Gasteiger charge is 2.31. The Morgan fingerprint density at radius 2 is 1.61 bits per heavy atom. The number of nitrogens with one attached hydrogen (secondary N) is 1. The molecule has 0 radical (unpaired) electrons. The average Bonchev–Trinajstić information content (AvgIpc) is 3.40. The van der Waals surface area contributed by atoms with Crippen molar-refractivity contribution in [3.63, 3.8) is 0 Å². The van der Waals surface area contributed by atoms with Crippen LogP contribution in [0, 0.1) is 0 Å². The van der Waals surface area contributed by atoms with Gasteiger partial charge in [0.05, 0.1) is 17.6 Å². The molecule has 3 N–H and O–H groups in total. The van der Waals surface area contributed by atoms with Crippen LogP contribution in [0.1, 0.15) is 54.6 Å². The number of nitrogens with two attached hydrogens (primary N) is 1. The first-order chi connectivity index (χ1) is 13.8. The lowest BCUT2D eigenvalue weighted by molar-refractivity contribution is 0.483. The van der Waals surface area contributed by atoms with Gasteiger partial charge in [0.2, 0.25) is 0 Å². The Bertz CT molecular complexity index is 966. The molecular weight excluding hydrogens is 348 g/mol. The van der Waals surface area contributed by atoms with E-state index in [-0.39, 0.29) is 6.17 Å². The lowest BCUT2D eigenvalue weighted by atomic mass is 9.94. The van der Waals surface area contributed by atoms with Crippen molar-refractivity contribution < 1.29 is 4.74 Å². The fourth-order valence-corrected chi connectivity index (χ4v) is 4.38. The van der Waals surface area contributed by atoms with Gasteiger partial charge in [-0.05, 0) is 54.8 Å². The Morgan fingerprint density at radius 1 is 0.893 bits per heavy atom. The van der Waals surface area contributed by atoms with E-state index in [1.807, 2.05) is 54.6 Å². The molecule has 5 nitrogen and oxygen atoms in total. The average molecular weight is 372 g/mol. The number of ether oxygens (including phenoxy) is 1. The van der Waals surface area contributed by atoms with Crippen LogP contribution >= 0.6 is 0 Å². The molecule has 2 heterocycles. The van der Waals surface area contributed by atoms with Gasteiger partial charge in [-0.3, -0.25) is 5.32 Å². The van der Waals surface area contributed by atoms with Crippen LogP contribution in [0.4, 0.5) is 0 Å². The molecule has 5 rings (SSSR count). The van der Waals surface area contributed by atoms with Crippen LogP contribution in [0.5, 0.6) is 11.5 Å². The molecule has 2 aliphatic rings. The number of rotatable bonds is 4. The molecule has 1 atom stereocenters. The van der Waals surface area contributed by atoms with Crippen molar-refractivity contribution in [2.75, 3.05) is 0 Å². The van der Waals surface area contributed by atoms with E-state index in [0.29, 0.717) is 5.92 Å². The van der Waals surface area contributed by atoms with Gasteiger partial charge in [-0.2, -0.15) is 5.10 Å². The number of fused-ring (bicyclic) bond motifs is 1. The largest absolute Gasteiger partial charge is 0.457 e. The molecular formula is C23H24N4O. The zero-order valence-corrected chi connectivity index (χ0v) is 15.8. The first-order valence-corrected chi connectivity index (χ1v) is 10.0. The minimum absolute atomic E-state index is 0.194. The van der Waals surface area contributed by atoms with E-state index in [4.69, 9.17) is 10.5 Å². The topological polar surface area (TPSA) is 73.1 Å². The van der Waals surface area contributed by atoms with Gasteiger partial charge in [0.15, 0.2) is 0 Å². The molecule has 28 heavy (non-hydrogen) atoms. The lowest BCUT2D eigenvalue weighted by Gasteiger charge is -2.16. The Balaban J connectivity index is 1.47. The molecule has 1 unspecified atom stereocenters. The van der Waals surface area contributed by atoms with E-state index in [0.717, 1.165) is 40.6 Å². The van der Waals surface area contributed by atoms with Crippen molar-refractivity contribution in [1.82, 2.24) is 15.5 Å². The Kier molecular flexibility index (Phi) is 4.55. The van der Waals surface area contributed by atoms with Crippen molar-refractivity contribution >= 4 is 0 Å². The maximum atomic E-state index is 6.38. The van der Waals surface area contributed by atoms with Crippen LogP contribution in [0.2, 0.25) is 0 Å². The highest BCUT2D eigenvalue weighted by atomic mass is 16.5. The van der Waals surface area contributed by atoms with Gasteiger partial charge in [0.25, 0.3) is 0 Å². The van der Waals surface area contributed by atoms with Gasteiger partial charge in [-0.25, -0.2) is 0 Å². The minimum atomic E-state index is -0.194. The molecule has 1 aliphatic carbocycles. The highest BCUT2D eigenvalue weighted by Crippen LogP contribution is 2.40. The fraction of sp³-hybridized carbons (Fsp3) is 0.304. The van der Waals surface area contributed by atoms with E-state index in [9.17, 15) is 0 Å². The third-order valence-electron chi connectivity index (χ3n) is 5.81.